The van der Waals surface area contributed by atoms with Crippen molar-refractivity contribution in [1.82, 2.24) is 0 Å². The Morgan fingerprint density at radius 2 is 0.962 bits per heavy atom. The minimum Gasteiger partial charge on any atom is -0.870 e. The Balaban J connectivity index is 0. The molecule has 0 heterocycles. The van der Waals surface area contributed by atoms with Gasteiger partial charge in [-0.3, -0.25) is 9.59 Å². The summed E-state index contributed by atoms with van der Waals surface area (Å²) in [6.07, 6.45) is 2.63. The van der Waals surface area contributed by atoms with Crippen molar-refractivity contribution in [2.24, 2.45) is 0 Å². The number of rotatable bonds is 4. The molecule has 5 N–H and O–H groups in total. The number of ketones is 2. The van der Waals surface area contributed by atoms with Crippen LogP contribution in [-0.2, 0) is 0 Å². The standard InChI is InChI=1S/2C10H10O2.Eu.H2O/c2*1-8(11)7-10(12)9-5-3-2-4-6-9;;/h2*2-7,11H,1H3;;1H2/q;;+3;/p+1/b2*8-7-;;. The molecular weight excluding hydrogens is 472 g/mol. The molecule has 2 rings (SSSR count). The van der Waals surface area contributed by atoms with Crippen LogP contribution in [0.5, 0.6) is 0 Å². The Morgan fingerprint density at radius 3 is 1.19 bits per heavy atom. The van der Waals surface area contributed by atoms with E-state index >= 15 is 0 Å². The molecule has 0 amide bonds. The van der Waals surface area contributed by atoms with Crippen LogP contribution in [0.25, 0.3) is 0 Å². The molecule has 0 saturated carbocycles. The molecule has 0 atom stereocenters. The van der Waals surface area contributed by atoms with Gasteiger partial charge >= 0.3 is 60.9 Å². The molecule has 2 aromatic rings. The van der Waals surface area contributed by atoms with Gasteiger partial charge in [-0.05, 0) is 38.1 Å². The van der Waals surface area contributed by atoms with Crippen molar-refractivity contribution in [1.29, 1.82) is 0 Å². The van der Waals surface area contributed by atoms with Crippen molar-refractivity contribution < 1.29 is 74.7 Å². The number of hydrogen-bond donors (Lipinski definition) is 2. The summed E-state index contributed by atoms with van der Waals surface area (Å²) in [6, 6.07) is 18.1. The van der Waals surface area contributed by atoms with Crippen molar-refractivity contribution in [2.45, 2.75) is 13.8 Å². The number of carbonyl (C=O) groups excluding carboxylic acids is 2. The van der Waals surface area contributed by atoms with Gasteiger partial charge in [0.15, 0.2) is 0 Å². The predicted molar refractivity (Wildman–Crippen MR) is 99.7 cm³/mol. The van der Waals surface area contributed by atoms with Crippen molar-refractivity contribution in [3.8, 4) is 0 Å². The number of benzene rings is 2. The monoisotopic (exact) mass is 496 g/mol. The van der Waals surface area contributed by atoms with Crippen LogP contribution in [0.3, 0.4) is 0 Å². The smallest absolute Gasteiger partial charge is 0.870 e. The average molecular weight is 495 g/mol. The van der Waals surface area contributed by atoms with Crippen LogP contribution in [0, 0.1) is 49.4 Å². The van der Waals surface area contributed by atoms with Crippen LogP contribution >= 0.6 is 0 Å². The predicted octanol–water partition coefficient (Wildman–Crippen LogP) is 3.91. The number of aliphatic hydroxyl groups excluding tert-OH is 2. The molecule has 0 radical (unpaired) electrons. The second-order valence-electron chi connectivity index (χ2n) is 5.07. The first kappa shape index (κ1) is 26.6. The van der Waals surface area contributed by atoms with Crippen LogP contribution in [0.15, 0.2) is 84.3 Å². The fourth-order valence-electron chi connectivity index (χ4n) is 1.78. The molecule has 0 bridgehead atoms. The third-order valence-electron chi connectivity index (χ3n) is 2.83. The van der Waals surface area contributed by atoms with Crippen LogP contribution in [0.1, 0.15) is 25.0 Å². The molecule has 0 unspecified atom stereocenters. The van der Waals surface area contributed by atoms with E-state index in [4.69, 9.17) is 10.2 Å². The molecule has 0 aliphatic rings. The molecule has 0 aliphatic carbocycles. The zero-order valence-electron chi connectivity index (χ0n) is 14.5. The maximum Gasteiger partial charge on any atom is 3.00 e. The van der Waals surface area contributed by atoms with Gasteiger partial charge in [-0.1, -0.05) is 36.4 Å². The number of aliphatic hydroxyl groups is 2. The topological polar surface area (TPSA) is 113 Å². The minimum atomic E-state index is 0. The quantitative estimate of drug-likeness (QED) is 0.290. The molecule has 2 aromatic carbocycles. The summed E-state index contributed by atoms with van der Waals surface area (Å²) in [7, 11) is 0. The zero-order chi connectivity index (χ0) is 17.9. The fourth-order valence-corrected chi connectivity index (χ4v) is 1.78. The maximum atomic E-state index is 9.37. The van der Waals surface area contributed by atoms with Crippen LogP contribution in [-0.4, -0.2) is 36.8 Å². The van der Waals surface area contributed by atoms with Crippen LogP contribution in [0.2, 0.25) is 0 Å². The average Bonchev–Trinajstić information content (AvgIpc) is 2.56. The Kier molecular flexibility index (Phi) is 14.9. The Hall–Kier alpha value is -1.60. The van der Waals surface area contributed by atoms with E-state index in [1.807, 2.05) is 36.4 Å². The van der Waals surface area contributed by atoms with Gasteiger partial charge in [-0.2, -0.15) is 0 Å². The maximum absolute atomic E-state index is 9.37. The van der Waals surface area contributed by atoms with Crippen molar-refractivity contribution in [2.75, 3.05) is 0 Å². The summed E-state index contributed by atoms with van der Waals surface area (Å²) >= 11 is 0. The van der Waals surface area contributed by atoms with Gasteiger partial charge in [0, 0.05) is 0 Å². The first-order valence-electron chi connectivity index (χ1n) is 7.37. The van der Waals surface area contributed by atoms with Gasteiger partial charge in [0.2, 0.25) is 0 Å². The Labute approximate surface area is 193 Å². The molecule has 0 spiro atoms. The normalized spacial score (nSPS) is 10.4. The molecule has 5 nitrogen and oxygen atoms in total. The summed E-state index contributed by atoms with van der Waals surface area (Å²) in [6.45, 7) is 3.03. The van der Waals surface area contributed by atoms with E-state index in [1.165, 1.54) is 26.0 Å². The van der Waals surface area contributed by atoms with E-state index < -0.39 is 0 Å². The molecule has 0 fully saturated rings. The second-order valence-corrected chi connectivity index (χ2v) is 5.07. The fraction of sp³-hybridized carbons (Fsp3) is 0.100. The molecule has 6 heteroatoms. The summed E-state index contributed by atoms with van der Waals surface area (Å²) < 4.78 is 0. The van der Waals surface area contributed by atoms with E-state index in [0.717, 1.165) is 0 Å². The van der Waals surface area contributed by atoms with E-state index in [1.54, 1.807) is 24.3 Å². The number of allylic oxidation sites excluding steroid dienone is 4. The number of hydrogen-bond acceptors (Lipinski definition) is 3. The molecule has 136 valence electrons. The van der Waals surface area contributed by atoms with Gasteiger partial charge in [0.05, 0.1) is 34.8 Å². The van der Waals surface area contributed by atoms with Gasteiger partial charge in [-0.15, -0.1) is 0 Å². The Bertz CT molecular complexity index is 664. The molecular formula is C20H23EuO5+4. The van der Waals surface area contributed by atoms with Crippen LogP contribution in [0.4, 0.5) is 0 Å². The second kappa shape index (κ2) is 14.6. The summed E-state index contributed by atoms with van der Waals surface area (Å²) in [5.41, 5.74) is 1.40. The van der Waals surface area contributed by atoms with Gasteiger partial charge in [0.25, 0.3) is 0 Å². The summed E-state index contributed by atoms with van der Waals surface area (Å²) in [4.78, 5) is 18.7. The molecule has 26 heavy (non-hydrogen) atoms. The van der Waals surface area contributed by atoms with E-state index in [-0.39, 0.29) is 77.9 Å². The van der Waals surface area contributed by atoms with E-state index in [2.05, 4.69) is 0 Å². The first-order valence-corrected chi connectivity index (χ1v) is 7.37. The minimum absolute atomic E-state index is 0. The molecule has 0 aliphatic heterocycles. The van der Waals surface area contributed by atoms with Crippen LogP contribution < -0.4 is 0 Å². The summed E-state index contributed by atoms with van der Waals surface area (Å²) in [5, 5.41) is 17.7. The summed E-state index contributed by atoms with van der Waals surface area (Å²) in [5.74, 6) is 0.346. The SMILES string of the molecule is C/C(O)=C/C(=[OH+])c1ccccc1.C/C(O)=C/C(=[OH+])c1ccccc1.[Eu+3].[OH-]. The Morgan fingerprint density at radius 1 is 0.692 bits per heavy atom. The van der Waals surface area contributed by atoms with Crippen molar-refractivity contribution >= 4 is 11.6 Å². The van der Waals surface area contributed by atoms with Crippen molar-refractivity contribution in [3.05, 3.63) is 95.5 Å². The van der Waals surface area contributed by atoms with Gasteiger partial charge in [0.1, 0.15) is 0 Å². The van der Waals surface area contributed by atoms with Gasteiger partial charge in [-0.25, -0.2) is 0 Å². The van der Waals surface area contributed by atoms with E-state index in [0.29, 0.717) is 11.1 Å². The first-order chi connectivity index (χ1) is 11.4. The van der Waals surface area contributed by atoms with E-state index in [9.17, 15) is 9.59 Å². The third-order valence-corrected chi connectivity index (χ3v) is 2.83. The molecule has 0 saturated heterocycles. The largest absolute Gasteiger partial charge is 3.00 e. The van der Waals surface area contributed by atoms with Gasteiger partial charge < -0.3 is 15.7 Å². The third kappa shape index (κ3) is 11.1. The van der Waals surface area contributed by atoms with Crippen molar-refractivity contribution in [3.63, 3.8) is 0 Å². The molecule has 0 aromatic heterocycles. The zero-order valence-corrected chi connectivity index (χ0v) is 17.0.